The number of nitrogens with zero attached hydrogens (tertiary/aromatic N) is 1. The Morgan fingerprint density at radius 2 is 1.38 bits per heavy atom. The van der Waals surface area contributed by atoms with Gasteiger partial charge in [-0.25, -0.2) is 0 Å². The highest BCUT2D eigenvalue weighted by atomic mass is 28.3. The largest absolute Gasteiger partial charge is 0.362 e. The molecule has 1 aromatic rings. The van der Waals surface area contributed by atoms with Gasteiger partial charge in [0.25, 0.3) is 0 Å². The molecule has 0 aliphatic rings. The van der Waals surface area contributed by atoms with E-state index in [0.29, 0.717) is 5.04 Å². The van der Waals surface area contributed by atoms with E-state index in [1.54, 1.807) is 0 Å². The van der Waals surface area contributed by atoms with E-state index >= 15 is 0 Å². The lowest BCUT2D eigenvalue weighted by molar-refractivity contribution is -0.549. The predicted octanol–water partition coefficient (Wildman–Crippen LogP) is 2.83. The molecule has 0 aliphatic carbocycles. The molecule has 13 heavy (non-hydrogen) atoms. The standard InChI is InChI=1S/C11H20NSi/c1-11(2,3)13(4,5)12-9-7-6-8-10-12/h6-10H,1-5H3/q+1. The molecule has 0 atom stereocenters. The minimum atomic E-state index is -1.36. The van der Waals surface area contributed by atoms with Crippen LogP contribution in [0.25, 0.3) is 0 Å². The third-order valence-electron chi connectivity index (χ3n) is 3.20. The second kappa shape index (κ2) is 3.26. The summed E-state index contributed by atoms with van der Waals surface area (Å²) >= 11 is 0. The SMILES string of the molecule is CC(C)(C)[Si](C)(C)[n+]1ccccc1. The molecule has 0 aromatic carbocycles. The van der Waals surface area contributed by atoms with Crippen molar-refractivity contribution in [3.05, 3.63) is 30.6 Å². The predicted molar refractivity (Wildman–Crippen MR) is 59.2 cm³/mol. The second-order valence-electron chi connectivity index (χ2n) is 5.09. The minimum absolute atomic E-state index is 0.402. The highest BCUT2D eigenvalue weighted by Gasteiger charge is 2.46. The summed E-state index contributed by atoms with van der Waals surface area (Å²) < 4.78 is 2.41. The molecule has 1 nitrogen and oxygen atoms in total. The summed E-state index contributed by atoms with van der Waals surface area (Å²) in [5.74, 6) is 0. The van der Waals surface area contributed by atoms with Crippen LogP contribution in [0.3, 0.4) is 0 Å². The van der Waals surface area contributed by atoms with Crippen LogP contribution in [0.2, 0.25) is 18.1 Å². The Morgan fingerprint density at radius 3 is 1.77 bits per heavy atom. The topological polar surface area (TPSA) is 3.88 Å². The van der Waals surface area contributed by atoms with Gasteiger partial charge in [-0.3, -0.25) is 4.23 Å². The average molecular weight is 194 g/mol. The van der Waals surface area contributed by atoms with Crippen LogP contribution in [0, 0.1) is 0 Å². The molecular formula is C11H20NSi+. The Morgan fingerprint density at radius 1 is 0.923 bits per heavy atom. The van der Waals surface area contributed by atoms with Gasteiger partial charge in [0.2, 0.25) is 0 Å². The number of pyridine rings is 1. The number of aromatic nitrogens is 1. The lowest BCUT2D eigenvalue weighted by Crippen LogP contribution is -2.64. The zero-order chi connectivity index (χ0) is 10.1. The Labute approximate surface area is 82.5 Å². The van der Waals surface area contributed by atoms with Crippen LogP contribution in [-0.4, -0.2) is 8.24 Å². The van der Waals surface area contributed by atoms with E-state index in [4.69, 9.17) is 0 Å². The molecule has 0 saturated heterocycles. The van der Waals surface area contributed by atoms with Gasteiger partial charge in [0.15, 0.2) is 0 Å². The first-order valence-electron chi connectivity index (χ1n) is 4.82. The number of hydrogen-bond donors (Lipinski definition) is 0. The van der Waals surface area contributed by atoms with Gasteiger partial charge in [-0.1, -0.05) is 26.8 Å². The van der Waals surface area contributed by atoms with Gasteiger partial charge in [0, 0.05) is 5.04 Å². The molecule has 0 bridgehead atoms. The molecule has 0 spiro atoms. The van der Waals surface area contributed by atoms with E-state index in [1.807, 2.05) is 0 Å². The molecule has 0 N–H and O–H groups in total. The Balaban J connectivity index is 3.08. The Kier molecular flexibility index (Phi) is 2.62. The molecule has 0 aliphatic heterocycles. The average Bonchev–Trinajstić information content (AvgIpc) is 2.04. The van der Waals surface area contributed by atoms with Gasteiger partial charge in [-0.2, -0.15) is 0 Å². The molecule has 1 aromatic heterocycles. The van der Waals surface area contributed by atoms with E-state index in [0.717, 1.165) is 0 Å². The summed E-state index contributed by atoms with van der Waals surface area (Å²) in [6, 6.07) is 6.30. The molecule has 1 heterocycles. The molecule has 0 radical (unpaired) electrons. The van der Waals surface area contributed by atoms with Gasteiger partial charge < -0.3 is 0 Å². The lowest BCUT2D eigenvalue weighted by Gasteiger charge is -2.29. The summed E-state index contributed by atoms with van der Waals surface area (Å²) in [6.45, 7) is 11.8. The van der Waals surface area contributed by atoms with Crippen molar-refractivity contribution in [2.75, 3.05) is 0 Å². The molecular weight excluding hydrogens is 174 g/mol. The van der Waals surface area contributed by atoms with Crippen LogP contribution in [0.4, 0.5) is 0 Å². The van der Waals surface area contributed by atoms with E-state index in [2.05, 4.69) is 68.7 Å². The first-order valence-corrected chi connectivity index (χ1v) is 7.77. The highest BCUT2D eigenvalue weighted by Crippen LogP contribution is 2.32. The third kappa shape index (κ3) is 1.99. The smallest absolute Gasteiger partial charge is 0.279 e. The van der Waals surface area contributed by atoms with Gasteiger partial charge >= 0.3 is 8.24 Å². The maximum absolute atomic E-state index is 2.41. The lowest BCUT2D eigenvalue weighted by atomic mass is 10.2. The maximum Gasteiger partial charge on any atom is 0.362 e. The van der Waals surface area contributed by atoms with E-state index < -0.39 is 8.24 Å². The van der Waals surface area contributed by atoms with Crippen LogP contribution >= 0.6 is 0 Å². The normalized spacial score (nSPS) is 13.0. The molecule has 0 fully saturated rings. The highest BCUT2D eigenvalue weighted by molar-refractivity contribution is 6.71. The van der Waals surface area contributed by atoms with Crippen LogP contribution in [-0.2, 0) is 0 Å². The van der Waals surface area contributed by atoms with Gasteiger partial charge in [-0.15, -0.1) is 0 Å². The zero-order valence-electron chi connectivity index (χ0n) is 9.33. The fourth-order valence-electron chi connectivity index (χ4n) is 1.16. The van der Waals surface area contributed by atoms with Crippen LogP contribution in [0.1, 0.15) is 20.8 Å². The molecule has 0 amide bonds. The summed E-state index contributed by atoms with van der Waals surface area (Å²) in [5.41, 5.74) is 0. The van der Waals surface area contributed by atoms with Crippen molar-refractivity contribution in [3.8, 4) is 0 Å². The molecule has 72 valence electrons. The van der Waals surface area contributed by atoms with Crippen molar-refractivity contribution >= 4 is 8.24 Å². The van der Waals surface area contributed by atoms with Crippen molar-refractivity contribution in [2.24, 2.45) is 0 Å². The molecule has 1 rings (SSSR count). The van der Waals surface area contributed by atoms with E-state index in [9.17, 15) is 0 Å². The van der Waals surface area contributed by atoms with Gasteiger partial charge in [0.05, 0.1) is 0 Å². The number of rotatable bonds is 1. The van der Waals surface area contributed by atoms with Gasteiger partial charge in [0.1, 0.15) is 12.4 Å². The molecule has 2 heteroatoms. The first kappa shape index (κ1) is 10.4. The molecule has 0 unspecified atom stereocenters. The van der Waals surface area contributed by atoms with Crippen molar-refractivity contribution in [1.29, 1.82) is 0 Å². The maximum atomic E-state index is 2.41. The van der Waals surface area contributed by atoms with Crippen molar-refractivity contribution in [3.63, 3.8) is 0 Å². The van der Waals surface area contributed by atoms with E-state index in [1.165, 1.54) is 0 Å². The van der Waals surface area contributed by atoms with Crippen molar-refractivity contribution < 1.29 is 4.23 Å². The summed E-state index contributed by atoms with van der Waals surface area (Å²) in [6.07, 6.45) is 4.38. The Bertz CT molecular complexity index is 272. The molecule has 0 saturated carbocycles. The third-order valence-corrected chi connectivity index (χ3v) is 8.46. The number of hydrogen-bond acceptors (Lipinski definition) is 0. The van der Waals surface area contributed by atoms with Crippen LogP contribution in [0.15, 0.2) is 30.6 Å². The van der Waals surface area contributed by atoms with Crippen molar-refractivity contribution in [2.45, 2.75) is 38.9 Å². The summed E-state index contributed by atoms with van der Waals surface area (Å²) in [4.78, 5) is 0. The fourth-order valence-corrected chi connectivity index (χ4v) is 2.85. The minimum Gasteiger partial charge on any atom is -0.279 e. The van der Waals surface area contributed by atoms with Crippen molar-refractivity contribution in [1.82, 2.24) is 0 Å². The van der Waals surface area contributed by atoms with Gasteiger partial charge in [-0.05, 0) is 25.2 Å². The quantitative estimate of drug-likeness (QED) is 0.605. The Hall–Kier alpha value is -0.633. The summed E-state index contributed by atoms with van der Waals surface area (Å²) in [5, 5.41) is 0.402. The van der Waals surface area contributed by atoms with Crippen LogP contribution in [0.5, 0.6) is 0 Å². The van der Waals surface area contributed by atoms with E-state index in [-0.39, 0.29) is 0 Å². The monoisotopic (exact) mass is 194 g/mol. The first-order chi connectivity index (χ1) is 5.86. The zero-order valence-corrected chi connectivity index (χ0v) is 10.3. The second-order valence-corrected chi connectivity index (χ2v) is 10.2. The summed E-state index contributed by atoms with van der Waals surface area (Å²) in [7, 11) is -1.36. The van der Waals surface area contributed by atoms with Crippen LogP contribution < -0.4 is 4.23 Å². The fraction of sp³-hybridized carbons (Fsp3) is 0.545.